The van der Waals surface area contributed by atoms with E-state index in [1.54, 1.807) is 0 Å². The highest BCUT2D eigenvalue weighted by Crippen LogP contribution is 2.38. The van der Waals surface area contributed by atoms with E-state index >= 15 is 0 Å². The van der Waals surface area contributed by atoms with Crippen molar-refractivity contribution in [3.63, 3.8) is 0 Å². The van der Waals surface area contributed by atoms with Crippen LogP contribution in [-0.2, 0) is 14.7 Å². The van der Waals surface area contributed by atoms with Crippen molar-refractivity contribution in [2.45, 2.75) is 31.1 Å². The van der Waals surface area contributed by atoms with Gasteiger partial charge in [-0.25, -0.2) is 4.79 Å². The number of alkyl halides is 3. The van der Waals surface area contributed by atoms with Gasteiger partial charge in [-0.2, -0.15) is 26.7 Å². The van der Waals surface area contributed by atoms with Crippen LogP contribution in [0.1, 0.15) is 12.8 Å². The number of hydrogen-bond acceptors (Lipinski definition) is 4. The van der Waals surface area contributed by atoms with Gasteiger partial charge in [0.1, 0.15) is 6.04 Å². The summed E-state index contributed by atoms with van der Waals surface area (Å²) in [7, 11) is -4.93. The molecule has 2 amide bonds. The summed E-state index contributed by atoms with van der Waals surface area (Å²) in [5, 5.41) is 0.279. The molecule has 0 spiro atoms. The average molecular weight is 290 g/mol. The van der Waals surface area contributed by atoms with Crippen LogP contribution in [0.15, 0.2) is 0 Å². The first-order chi connectivity index (χ1) is 8.09. The summed E-state index contributed by atoms with van der Waals surface area (Å²) in [6.07, 6.45) is -4.96. The number of carbonyl (C=O) groups excluding carboxylic acids is 1. The predicted octanol–water partition coefficient (Wildman–Crippen LogP) is 0.552. The van der Waals surface area contributed by atoms with Gasteiger partial charge in [0.15, 0.2) is 0 Å². The van der Waals surface area contributed by atoms with Crippen molar-refractivity contribution >= 4 is 16.4 Å². The van der Waals surface area contributed by atoms with Gasteiger partial charge in [0.05, 0.1) is 6.04 Å². The van der Waals surface area contributed by atoms with Gasteiger partial charge in [0.25, 0.3) is 0 Å². The first-order valence-corrected chi connectivity index (χ1v) is 6.29. The molecule has 104 valence electrons. The summed E-state index contributed by atoms with van der Waals surface area (Å²) in [5.41, 5.74) is 0. The maximum Gasteiger partial charge on any atom is 0.418 e. The second-order valence-corrected chi connectivity index (χ2v) is 5.06. The summed E-state index contributed by atoms with van der Waals surface area (Å²) in [6, 6.07) is -3.97. The van der Waals surface area contributed by atoms with E-state index in [0.29, 0.717) is 4.90 Å². The second kappa shape index (κ2) is 3.96. The molecule has 0 aromatic heterocycles. The minimum absolute atomic E-state index is 0.0536. The van der Waals surface area contributed by atoms with Gasteiger partial charge >= 0.3 is 22.6 Å². The van der Waals surface area contributed by atoms with Crippen molar-refractivity contribution in [3.05, 3.63) is 0 Å². The molecule has 0 aliphatic carbocycles. The predicted molar refractivity (Wildman–Crippen MR) is 49.4 cm³/mol. The third kappa shape index (κ3) is 2.37. The molecule has 7 nitrogen and oxygen atoms in total. The van der Waals surface area contributed by atoms with Crippen LogP contribution < -0.4 is 0 Å². The van der Waals surface area contributed by atoms with Gasteiger partial charge in [-0.05, 0) is 12.8 Å². The van der Waals surface area contributed by atoms with Crippen LogP contribution in [0.5, 0.6) is 0 Å². The summed E-state index contributed by atoms with van der Waals surface area (Å²) < 4.78 is 71.3. The van der Waals surface area contributed by atoms with Crippen molar-refractivity contribution in [3.8, 4) is 0 Å². The zero-order chi connectivity index (χ0) is 13.7. The number of carbonyl (C=O) groups is 1. The van der Waals surface area contributed by atoms with E-state index < -0.39 is 34.7 Å². The summed E-state index contributed by atoms with van der Waals surface area (Å²) >= 11 is 0. The van der Waals surface area contributed by atoms with Crippen molar-refractivity contribution < 1.29 is 35.2 Å². The SMILES string of the molecule is O=C1N2C[C@@H](CC[C@H]2C(F)(F)F)N1OS(=O)(=O)O. The molecule has 2 rings (SSSR count). The zero-order valence-electron chi connectivity index (χ0n) is 8.79. The fourth-order valence-electron chi connectivity index (χ4n) is 2.17. The lowest BCUT2D eigenvalue weighted by Gasteiger charge is -2.31. The van der Waals surface area contributed by atoms with Crippen molar-refractivity contribution in [2.24, 2.45) is 0 Å². The highest BCUT2D eigenvalue weighted by molar-refractivity contribution is 7.80. The molecule has 0 unspecified atom stereocenters. The Morgan fingerprint density at radius 1 is 1.33 bits per heavy atom. The molecule has 2 bridgehead atoms. The number of hydroxylamine groups is 2. The Morgan fingerprint density at radius 3 is 2.44 bits per heavy atom. The molecule has 1 N–H and O–H groups in total. The maximum absolute atomic E-state index is 12.6. The quantitative estimate of drug-likeness (QED) is 0.750. The molecule has 18 heavy (non-hydrogen) atoms. The lowest BCUT2D eigenvalue weighted by Crippen LogP contribution is -2.48. The van der Waals surface area contributed by atoms with E-state index in [-0.39, 0.29) is 24.4 Å². The molecule has 11 heteroatoms. The second-order valence-electron chi connectivity index (χ2n) is 4.05. The van der Waals surface area contributed by atoms with Crippen LogP contribution in [0.25, 0.3) is 0 Å². The summed E-state index contributed by atoms with van der Waals surface area (Å²) in [6.45, 7) is -0.279. The van der Waals surface area contributed by atoms with Crippen molar-refractivity contribution in [1.82, 2.24) is 9.96 Å². The number of halogens is 3. The Balaban J connectivity index is 2.20. The Kier molecular flexibility index (Phi) is 2.94. The number of amides is 2. The smallest absolute Gasteiger partial charge is 0.309 e. The highest BCUT2D eigenvalue weighted by Gasteiger charge is 2.55. The van der Waals surface area contributed by atoms with Crippen LogP contribution in [-0.4, -0.2) is 53.8 Å². The summed E-state index contributed by atoms with van der Waals surface area (Å²) in [5.74, 6) is 0. The fourth-order valence-corrected chi connectivity index (χ4v) is 2.56. The molecule has 2 aliphatic rings. The third-order valence-electron chi connectivity index (χ3n) is 2.88. The lowest BCUT2D eigenvalue weighted by atomic mass is 10.0. The number of piperidine rings is 1. The highest BCUT2D eigenvalue weighted by atomic mass is 32.3. The lowest BCUT2D eigenvalue weighted by molar-refractivity contribution is -0.179. The van der Waals surface area contributed by atoms with E-state index in [2.05, 4.69) is 4.28 Å². The number of urea groups is 1. The molecule has 2 fully saturated rings. The number of rotatable bonds is 2. The van der Waals surface area contributed by atoms with Gasteiger partial charge in [0, 0.05) is 6.54 Å². The fraction of sp³-hybridized carbons (Fsp3) is 0.857. The first kappa shape index (κ1) is 13.4. The third-order valence-corrected chi connectivity index (χ3v) is 3.22. The van der Waals surface area contributed by atoms with E-state index in [9.17, 15) is 26.4 Å². The van der Waals surface area contributed by atoms with E-state index in [4.69, 9.17) is 4.55 Å². The van der Waals surface area contributed by atoms with Gasteiger partial charge in [-0.1, -0.05) is 0 Å². The van der Waals surface area contributed by atoms with Gasteiger partial charge in [-0.15, -0.1) is 4.28 Å². The molecule has 0 radical (unpaired) electrons. The molecule has 0 aromatic carbocycles. The van der Waals surface area contributed by atoms with Gasteiger partial charge < -0.3 is 4.90 Å². The van der Waals surface area contributed by atoms with Crippen molar-refractivity contribution in [1.29, 1.82) is 0 Å². The molecule has 0 saturated carbocycles. The topological polar surface area (TPSA) is 87.2 Å². The molecule has 2 atom stereocenters. The van der Waals surface area contributed by atoms with Crippen LogP contribution in [0.3, 0.4) is 0 Å². The van der Waals surface area contributed by atoms with Crippen LogP contribution >= 0.6 is 0 Å². The molecule has 0 aromatic rings. The van der Waals surface area contributed by atoms with E-state index in [1.807, 2.05) is 0 Å². The normalized spacial score (nSPS) is 29.0. The average Bonchev–Trinajstić information content (AvgIpc) is 2.40. The van der Waals surface area contributed by atoms with Gasteiger partial charge in [-0.3, -0.25) is 4.55 Å². The molecule has 2 aliphatic heterocycles. The Hall–Kier alpha value is -1.07. The number of fused-ring (bicyclic) bond motifs is 2. The Bertz CT molecular complexity index is 464. The minimum atomic E-state index is -4.93. The monoisotopic (exact) mass is 290 g/mol. The Morgan fingerprint density at radius 2 is 1.94 bits per heavy atom. The number of nitrogens with zero attached hydrogens (tertiary/aromatic N) is 2. The van der Waals surface area contributed by atoms with Crippen LogP contribution in [0, 0.1) is 0 Å². The molecule has 2 saturated heterocycles. The standard InChI is InChI=1S/C7H9F3N2O5S/c8-7(9,10)5-2-1-4-3-11(5)6(13)12(4)17-18(14,15)16/h4-5H,1-3H2,(H,14,15,16)/t4-,5+/m1/s1. The molecular weight excluding hydrogens is 281 g/mol. The van der Waals surface area contributed by atoms with Crippen LogP contribution in [0.4, 0.5) is 18.0 Å². The van der Waals surface area contributed by atoms with Gasteiger partial charge in [0.2, 0.25) is 0 Å². The van der Waals surface area contributed by atoms with E-state index in [1.165, 1.54) is 0 Å². The molecular formula is C7H9F3N2O5S. The summed E-state index contributed by atoms with van der Waals surface area (Å²) in [4.78, 5) is 12.1. The Labute approximate surface area is 100 Å². The molecule has 2 heterocycles. The van der Waals surface area contributed by atoms with E-state index in [0.717, 1.165) is 0 Å². The first-order valence-electron chi connectivity index (χ1n) is 4.93. The number of hydrogen-bond donors (Lipinski definition) is 1. The minimum Gasteiger partial charge on any atom is -0.309 e. The van der Waals surface area contributed by atoms with Crippen molar-refractivity contribution in [2.75, 3.05) is 6.54 Å². The van der Waals surface area contributed by atoms with Crippen LogP contribution in [0.2, 0.25) is 0 Å². The maximum atomic E-state index is 12.6. The largest absolute Gasteiger partial charge is 0.418 e. The zero-order valence-corrected chi connectivity index (χ0v) is 9.61.